The fourth-order valence-corrected chi connectivity index (χ4v) is 1.91. The normalized spacial score (nSPS) is 10.2. The summed E-state index contributed by atoms with van der Waals surface area (Å²) in [5.41, 5.74) is 0.530. The van der Waals surface area contributed by atoms with E-state index in [9.17, 15) is 13.0 Å². The van der Waals surface area contributed by atoms with Crippen LogP contribution in [-0.4, -0.2) is 13.0 Å². The average Bonchev–Trinajstić information content (AvgIpc) is 2.40. The predicted octanol–water partition coefficient (Wildman–Crippen LogP) is 1.81. The molecule has 0 bridgehead atoms. The molecule has 0 aliphatic rings. The number of rotatable bonds is 3. The second-order valence-electron chi connectivity index (χ2n) is 3.69. The molecule has 0 unspecified atom stereocenters. The molecule has 100 valence electrons. The van der Waals surface area contributed by atoms with Gasteiger partial charge in [-0.25, -0.2) is 8.42 Å². The van der Waals surface area contributed by atoms with E-state index in [1.54, 1.807) is 36.5 Å². The Bertz CT molecular complexity index is 595. The molecule has 4 nitrogen and oxygen atoms in total. The molecule has 2 rings (SSSR count). The number of hydrogen-bond acceptors (Lipinski definition) is 3. The molecule has 0 radical (unpaired) electrons. The van der Waals surface area contributed by atoms with E-state index in [1.807, 2.05) is 35.2 Å². The van der Waals surface area contributed by atoms with Gasteiger partial charge in [0.25, 0.3) is 0 Å². The van der Waals surface area contributed by atoms with E-state index in [2.05, 4.69) is 6.58 Å². The van der Waals surface area contributed by atoms with Crippen molar-refractivity contribution in [3.05, 3.63) is 73.1 Å². The van der Waals surface area contributed by atoms with E-state index in [0.29, 0.717) is 5.56 Å². The van der Waals surface area contributed by atoms with Crippen LogP contribution >= 0.6 is 0 Å². The summed E-state index contributed by atoms with van der Waals surface area (Å²) in [6.45, 7) is 3.59. The van der Waals surface area contributed by atoms with Crippen molar-refractivity contribution >= 4 is 16.3 Å². The topological polar surface area (TPSA) is 61.1 Å². The number of nitrogens with zero attached hydrogens (tertiary/aromatic N) is 1. The number of benzene rings is 1. The third-order valence-electron chi connectivity index (χ3n) is 2.14. The van der Waals surface area contributed by atoms with Gasteiger partial charge < -0.3 is 4.55 Å². The van der Waals surface area contributed by atoms with Gasteiger partial charge in [-0.3, -0.25) is 0 Å². The van der Waals surface area contributed by atoms with E-state index in [1.165, 1.54) is 0 Å². The highest BCUT2D eigenvalue weighted by molar-refractivity contribution is 7.84. The van der Waals surface area contributed by atoms with E-state index >= 15 is 0 Å². The van der Waals surface area contributed by atoms with Crippen LogP contribution in [0.15, 0.2) is 67.5 Å². The van der Waals surface area contributed by atoms with Crippen molar-refractivity contribution in [2.75, 3.05) is 0 Å². The first-order chi connectivity index (χ1) is 9.01. The van der Waals surface area contributed by atoms with Crippen LogP contribution in [0.5, 0.6) is 0 Å². The highest BCUT2D eigenvalue weighted by atomic mass is 32.2. The van der Waals surface area contributed by atoms with Gasteiger partial charge in [0.15, 0.2) is 18.6 Å². The molecule has 1 aromatic carbocycles. The molecule has 0 saturated carbocycles. The van der Waals surface area contributed by atoms with Crippen LogP contribution < -0.4 is 4.57 Å². The molecule has 1 heterocycles. The maximum atomic E-state index is 10.2. The second-order valence-corrected chi connectivity index (χ2v) is 5.10. The van der Waals surface area contributed by atoms with Crippen LogP contribution in [0.25, 0.3) is 6.20 Å². The van der Waals surface area contributed by atoms with Crippen LogP contribution in [0.2, 0.25) is 0 Å². The van der Waals surface area contributed by atoms with Gasteiger partial charge in [-0.15, -0.1) is 0 Å². The van der Waals surface area contributed by atoms with Crippen molar-refractivity contribution in [1.82, 2.24) is 0 Å². The first kappa shape index (κ1) is 15.1. The Hall–Kier alpha value is -1.98. The maximum absolute atomic E-state index is 10.2. The van der Waals surface area contributed by atoms with E-state index < -0.39 is 15.9 Å². The molecule has 0 fully saturated rings. The Balaban J connectivity index is 0.000000200. The summed E-state index contributed by atoms with van der Waals surface area (Å²) in [7, 11) is -4.13. The molecular weight excluding hydrogens is 262 g/mol. The minimum absolute atomic E-state index is 0.423. The summed E-state index contributed by atoms with van der Waals surface area (Å²) in [4.78, 5) is 0. The largest absolute Gasteiger partial charge is 0.748 e. The number of hydrogen-bond donors (Lipinski definition) is 0. The fourth-order valence-electron chi connectivity index (χ4n) is 1.31. The molecule has 19 heavy (non-hydrogen) atoms. The molecule has 1 aromatic heterocycles. The third kappa shape index (κ3) is 7.13. The highest BCUT2D eigenvalue weighted by Crippen LogP contribution is 2.02. The van der Waals surface area contributed by atoms with Crippen molar-refractivity contribution in [1.29, 1.82) is 0 Å². The molecular formula is C14H15NO3S. The molecule has 0 aliphatic heterocycles. The molecule has 0 amide bonds. The average molecular weight is 277 g/mol. The van der Waals surface area contributed by atoms with E-state index in [0.717, 1.165) is 0 Å². The standard InChI is InChI=1S/C7H8N.C7H8O3S/c1-2-8-6-4-3-5-7-8;8-11(9,10)6-7-4-2-1-3-5-7/h2-7H,1H2;1-5H,6H2,(H,8,9,10)/q+1;/p-1. The zero-order valence-electron chi connectivity index (χ0n) is 10.3. The fraction of sp³-hybridized carbons (Fsp3) is 0.0714. The van der Waals surface area contributed by atoms with Crippen LogP contribution in [0, 0.1) is 0 Å². The van der Waals surface area contributed by atoms with Gasteiger partial charge in [-0.2, -0.15) is 4.57 Å². The molecule has 5 heteroatoms. The highest BCUT2D eigenvalue weighted by Gasteiger charge is 1.95. The molecule has 0 N–H and O–H groups in total. The van der Waals surface area contributed by atoms with Gasteiger partial charge in [0.05, 0.1) is 15.9 Å². The van der Waals surface area contributed by atoms with Gasteiger partial charge in [0, 0.05) is 12.1 Å². The summed E-state index contributed by atoms with van der Waals surface area (Å²) in [6.07, 6.45) is 5.62. The molecule has 0 saturated heterocycles. The lowest BCUT2D eigenvalue weighted by molar-refractivity contribution is -0.567. The molecule has 0 aliphatic carbocycles. The van der Waals surface area contributed by atoms with Crippen LogP contribution in [0.1, 0.15) is 5.56 Å². The molecule has 0 atom stereocenters. The minimum Gasteiger partial charge on any atom is -0.748 e. The van der Waals surface area contributed by atoms with Gasteiger partial charge in [0.1, 0.15) is 0 Å². The summed E-state index contributed by atoms with van der Waals surface area (Å²) in [6, 6.07) is 14.3. The number of aromatic nitrogens is 1. The van der Waals surface area contributed by atoms with Crippen LogP contribution in [0.3, 0.4) is 0 Å². The summed E-state index contributed by atoms with van der Waals surface area (Å²) < 4.78 is 32.6. The summed E-state index contributed by atoms with van der Waals surface area (Å²) >= 11 is 0. The first-order valence-corrected chi connectivity index (χ1v) is 7.15. The van der Waals surface area contributed by atoms with E-state index in [-0.39, 0.29) is 0 Å². The van der Waals surface area contributed by atoms with Crippen LogP contribution in [0.4, 0.5) is 0 Å². The van der Waals surface area contributed by atoms with Gasteiger partial charge in [-0.05, 0) is 12.1 Å². The van der Waals surface area contributed by atoms with Gasteiger partial charge in [-0.1, -0.05) is 36.4 Å². The predicted molar refractivity (Wildman–Crippen MR) is 72.9 cm³/mol. The quantitative estimate of drug-likeness (QED) is 0.635. The SMILES string of the molecule is C=C[n+]1ccccc1.O=S(=O)([O-])Cc1ccccc1. The lowest BCUT2D eigenvalue weighted by atomic mass is 10.2. The van der Waals surface area contributed by atoms with Crippen molar-refractivity contribution < 1.29 is 17.5 Å². The smallest absolute Gasteiger partial charge is 0.174 e. The van der Waals surface area contributed by atoms with Crippen molar-refractivity contribution in [2.45, 2.75) is 5.75 Å². The van der Waals surface area contributed by atoms with Crippen molar-refractivity contribution in [2.24, 2.45) is 0 Å². The zero-order valence-corrected chi connectivity index (χ0v) is 11.2. The Kier molecular flexibility index (Phi) is 5.92. The maximum Gasteiger partial charge on any atom is 0.174 e. The summed E-state index contributed by atoms with van der Waals surface area (Å²) in [5, 5.41) is 0. The first-order valence-electron chi connectivity index (χ1n) is 5.57. The lowest BCUT2D eigenvalue weighted by Gasteiger charge is -2.05. The zero-order chi connectivity index (χ0) is 14.1. The summed E-state index contributed by atoms with van der Waals surface area (Å²) in [5.74, 6) is -0.423. The third-order valence-corrected chi connectivity index (χ3v) is 2.82. The molecule has 0 spiro atoms. The second kappa shape index (κ2) is 7.45. The monoisotopic (exact) mass is 277 g/mol. The molecule has 2 aromatic rings. The van der Waals surface area contributed by atoms with Crippen molar-refractivity contribution in [3.8, 4) is 0 Å². The lowest BCUT2D eigenvalue weighted by Crippen LogP contribution is -2.22. The van der Waals surface area contributed by atoms with Crippen molar-refractivity contribution in [3.63, 3.8) is 0 Å². The number of pyridine rings is 1. The van der Waals surface area contributed by atoms with E-state index in [4.69, 9.17) is 0 Å². The van der Waals surface area contributed by atoms with Gasteiger partial charge >= 0.3 is 0 Å². The van der Waals surface area contributed by atoms with Gasteiger partial charge in [0.2, 0.25) is 0 Å². The Morgan fingerprint density at radius 3 is 2.00 bits per heavy atom. The van der Waals surface area contributed by atoms with Crippen LogP contribution in [-0.2, 0) is 15.9 Å². The Labute approximate surface area is 113 Å². The Morgan fingerprint density at radius 2 is 1.58 bits per heavy atom. The minimum atomic E-state index is -4.13. The Morgan fingerprint density at radius 1 is 1.05 bits per heavy atom.